The Morgan fingerprint density at radius 3 is 2.17 bits per heavy atom. The molecular weight excluding hydrogens is 360 g/mol. The van der Waals surface area contributed by atoms with E-state index < -0.39 is 0 Å². The highest BCUT2D eigenvalue weighted by Crippen LogP contribution is 2.30. The van der Waals surface area contributed by atoms with Crippen molar-refractivity contribution in [2.24, 2.45) is 0 Å². The molecule has 0 saturated heterocycles. The molecule has 29 heavy (non-hydrogen) atoms. The summed E-state index contributed by atoms with van der Waals surface area (Å²) in [5, 5.41) is 0. The Morgan fingerprint density at radius 1 is 0.897 bits per heavy atom. The summed E-state index contributed by atoms with van der Waals surface area (Å²) in [7, 11) is 1.68. The first-order valence-electron chi connectivity index (χ1n) is 9.45. The summed E-state index contributed by atoms with van der Waals surface area (Å²) < 4.78 is 5.54. The van der Waals surface area contributed by atoms with Gasteiger partial charge in [0.15, 0.2) is 0 Å². The smallest absolute Gasteiger partial charge is 0.222 e. The molecule has 0 spiro atoms. The van der Waals surface area contributed by atoms with Gasteiger partial charge in [-0.3, -0.25) is 0 Å². The molecule has 3 aromatic rings. The molecule has 2 aromatic carbocycles. The summed E-state index contributed by atoms with van der Waals surface area (Å²) >= 11 is 0. The van der Waals surface area contributed by atoms with Crippen molar-refractivity contribution < 1.29 is 4.74 Å². The number of aromatic nitrogens is 2. The van der Waals surface area contributed by atoms with Crippen LogP contribution in [0.3, 0.4) is 0 Å². The van der Waals surface area contributed by atoms with Gasteiger partial charge in [-0.05, 0) is 62.6 Å². The fourth-order valence-corrected chi connectivity index (χ4v) is 3.33. The molecule has 3 rings (SSSR count). The summed E-state index contributed by atoms with van der Waals surface area (Å²) in [6.07, 6.45) is 0. The van der Waals surface area contributed by atoms with E-state index in [4.69, 9.17) is 16.2 Å². The number of aryl methyl sites for hydroxylation is 3. The minimum atomic E-state index is -0.0360. The lowest BCUT2D eigenvalue weighted by atomic mass is 9.94. The second kappa shape index (κ2) is 8.24. The predicted molar refractivity (Wildman–Crippen MR) is 119 cm³/mol. The molecule has 1 aromatic heterocycles. The molecule has 1 heterocycles. The third kappa shape index (κ3) is 4.67. The monoisotopic (exact) mass is 386 g/mol. The number of nitrogen functional groups attached to an aromatic ring is 2. The first kappa shape index (κ1) is 20.2. The Bertz CT molecular complexity index is 1080. The topological polar surface area (TPSA) is 87.0 Å². The van der Waals surface area contributed by atoms with Crippen LogP contribution in [0.1, 0.15) is 40.8 Å². The molecule has 4 N–H and O–H groups in total. The van der Waals surface area contributed by atoms with Gasteiger partial charge in [0.2, 0.25) is 5.95 Å². The van der Waals surface area contributed by atoms with E-state index in [1.807, 2.05) is 19.1 Å². The maximum atomic E-state index is 5.97. The quantitative estimate of drug-likeness (QED) is 0.652. The van der Waals surface area contributed by atoms with Crippen molar-refractivity contribution in [2.45, 2.75) is 33.6 Å². The molecule has 1 atom stereocenters. The number of anilines is 2. The maximum Gasteiger partial charge on any atom is 0.222 e. The molecule has 5 heteroatoms. The molecule has 1 unspecified atom stereocenters. The Balaban J connectivity index is 2.01. The average Bonchev–Trinajstić information content (AvgIpc) is 2.65. The van der Waals surface area contributed by atoms with Crippen LogP contribution in [0.5, 0.6) is 5.75 Å². The summed E-state index contributed by atoms with van der Waals surface area (Å²) in [5.41, 5.74) is 18.7. The van der Waals surface area contributed by atoms with Crippen LogP contribution in [0.15, 0.2) is 36.4 Å². The van der Waals surface area contributed by atoms with Gasteiger partial charge in [-0.1, -0.05) is 41.2 Å². The Labute approximate surface area is 172 Å². The number of nitrogens with two attached hydrogens (primary N) is 2. The second-order valence-corrected chi connectivity index (χ2v) is 7.29. The molecule has 148 valence electrons. The van der Waals surface area contributed by atoms with Crippen molar-refractivity contribution in [1.82, 2.24) is 9.97 Å². The van der Waals surface area contributed by atoms with Crippen LogP contribution < -0.4 is 16.2 Å². The van der Waals surface area contributed by atoms with Crippen molar-refractivity contribution in [3.05, 3.63) is 64.3 Å². The lowest BCUT2D eigenvalue weighted by molar-refractivity contribution is 0.414. The average molecular weight is 386 g/mol. The molecule has 0 radical (unpaired) electrons. The number of hydrogen-bond acceptors (Lipinski definition) is 5. The highest BCUT2D eigenvalue weighted by Gasteiger charge is 2.10. The zero-order chi connectivity index (χ0) is 21.1. The van der Waals surface area contributed by atoms with E-state index >= 15 is 0 Å². The van der Waals surface area contributed by atoms with E-state index in [9.17, 15) is 0 Å². The first-order chi connectivity index (χ1) is 13.8. The fourth-order valence-electron chi connectivity index (χ4n) is 3.33. The summed E-state index contributed by atoms with van der Waals surface area (Å²) in [6, 6.07) is 12.7. The Kier molecular flexibility index (Phi) is 5.74. The van der Waals surface area contributed by atoms with Crippen molar-refractivity contribution in [3.8, 4) is 28.7 Å². The van der Waals surface area contributed by atoms with Crippen LogP contribution >= 0.6 is 0 Å². The predicted octanol–water partition coefficient (Wildman–Crippen LogP) is 4.40. The van der Waals surface area contributed by atoms with Gasteiger partial charge in [0.1, 0.15) is 11.6 Å². The number of benzene rings is 2. The number of ether oxygens (including phenoxy) is 1. The van der Waals surface area contributed by atoms with E-state index in [0.29, 0.717) is 17.1 Å². The van der Waals surface area contributed by atoms with Gasteiger partial charge < -0.3 is 16.2 Å². The molecule has 5 nitrogen and oxygen atoms in total. The normalized spacial score (nSPS) is 11.5. The molecule has 0 bridgehead atoms. The van der Waals surface area contributed by atoms with E-state index in [2.05, 4.69) is 66.8 Å². The molecule has 0 amide bonds. The summed E-state index contributed by atoms with van der Waals surface area (Å²) in [5.74, 6) is 7.61. The molecular formula is C24H26N4O. The molecule has 0 aliphatic heterocycles. The van der Waals surface area contributed by atoms with Crippen molar-refractivity contribution >= 4 is 11.8 Å². The van der Waals surface area contributed by atoms with Crippen molar-refractivity contribution in [2.75, 3.05) is 18.6 Å². The maximum absolute atomic E-state index is 5.97. The number of hydrogen-bond donors (Lipinski definition) is 2. The lowest BCUT2D eigenvalue weighted by Crippen LogP contribution is -2.05. The van der Waals surface area contributed by atoms with E-state index in [-0.39, 0.29) is 11.9 Å². The van der Waals surface area contributed by atoms with Gasteiger partial charge in [-0.15, -0.1) is 0 Å². The number of rotatable bonds is 3. The van der Waals surface area contributed by atoms with Crippen molar-refractivity contribution in [1.29, 1.82) is 0 Å². The summed E-state index contributed by atoms with van der Waals surface area (Å²) in [4.78, 5) is 8.15. The van der Waals surface area contributed by atoms with Gasteiger partial charge in [-0.2, -0.15) is 4.98 Å². The van der Waals surface area contributed by atoms with Crippen LogP contribution in [-0.2, 0) is 0 Å². The van der Waals surface area contributed by atoms with Gasteiger partial charge in [-0.25, -0.2) is 4.98 Å². The van der Waals surface area contributed by atoms with Crippen LogP contribution in [0.25, 0.3) is 11.1 Å². The Hall–Kier alpha value is -3.52. The van der Waals surface area contributed by atoms with E-state index in [1.165, 1.54) is 11.1 Å². The van der Waals surface area contributed by atoms with Gasteiger partial charge in [0, 0.05) is 5.92 Å². The van der Waals surface area contributed by atoms with Crippen LogP contribution in [0, 0.1) is 32.6 Å². The lowest BCUT2D eigenvalue weighted by Gasteiger charge is -2.13. The SMILES string of the molecule is COc1cc(-c2cc(C)cc(C)c2)cc(C(C)C#Cc2c(C)nc(N)nc2N)c1. The van der Waals surface area contributed by atoms with Gasteiger partial charge >= 0.3 is 0 Å². The highest BCUT2D eigenvalue weighted by atomic mass is 16.5. The molecule has 0 aliphatic rings. The zero-order valence-corrected chi connectivity index (χ0v) is 17.5. The van der Waals surface area contributed by atoms with E-state index in [0.717, 1.165) is 22.4 Å². The van der Waals surface area contributed by atoms with Gasteiger partial charge in [0.25, 0.3) is 0 Å². The number of methoxy groups -OCH3 is 1. The first-order valence-corrected chi connectivity index (χ1v) is 9.45. The largest absolute Gasteiger partial charge is 0.497 e. The third-order valence-electron chi connectivity index (χ3n) is 4.77. The molecule has 0 fully saturated rings. The van der Waals surface area contributed by atoms with Crippen LogP contribution in [-0.4, -0.2) is 17.1 Å². The highest BCUT2D eigenvalue weighted by molar-refractivity contribution is 5.68. The van der Waals surface area contributed by atoms with Crippen LogP contribution in [0.4, 0.5) is 11.8 Å². The second-order valence-electron chi connectivity index (χ2n) is 7.29. The zero-order valence-electron chi connectivity index (χ0n) is 17.5. The summed E-state index contributed by atoms with van der Waals surface area (Å²) in [6.45, 7) is 8.09. The fraction of sp³-hybridized carbons (Fsp3) is 0.250. The van der Waals surface area contributed by atoms with Crippen LogP contribution in [0.2, 0.25) is 0 Å². The number of nitrogens with zero attached hydrogens (tertiary/aromatic N) is 2. The van der Waals surface area contributed by atoms with Gasteiger partial charge in [0.05, 0.1) is 18.4 Å². The third-order valence-corrected chi connectivity index (χ3v) is 4.77. The standard InChI is InChI=1S/C24H26N4O/c1-14-8-15(2)10-19(9-14)20-11-18(12-21(13-20)29-5)16(3)6-7-22-17(4)27-24(26)28-23(22)25/h8-13,16H,1-5H3,(H4,25,26,27,28). The van der Waals surface area contributed by atoms with Crippen molar-refractivity contribution in [3.63, 3.8) is 0 Å². The molecule has 0 saturated carbocycles. The Morgan fingerprint density at radius 2 is 1.55 bits per heavy atom. The molecule has 0 aliphatic carbocycles. The van der Waals surface area contributed by atoms with E-state index in [1.54, 1.807) is 7.11 Å². The minimum absolute atomic E-state index is 0.0360. The minimum Gasteiger partial charge on any atom is -0.497 e.